The third kappa shape index (κ3) is 2.28. The van der Waals surface area contributed by atoms with Crippen LogP contribution in [0.1, 0.15) is 23.5 Å². The molecule has 1 aliphatic rings. The molecule has 1 aliphatic heterocycles. The van der Waals surface area contributed by atoms with E-state index in [1.54, 1.807) is 0 Å². The predicted octanol–water partition coefficient (Wildman–Crippen LogP) is 2.43. The maximum absolute atomic E-state index is 9.62. The van der Waals surface area contributed by atoms with E-state index in [0.717, 1.165) is 41.5 Å². The van der Waals surface area contributed by atoms with Crippen LogP contribution in [0.3, 0.4) is 0 Å². The van der Waals surface area contributed by atoms with Crippen molar-refractivity contribution < 1.29 is 5.11 Å². The third-order valence-corrected chi connectivity index (χ3v) is 3.73. The molecule has 3 rings (SSSR count). The zero-order valence-corrected chi connectivity index (χ0v) is 10.8. The summed E-state index contributed by atoms with van der Waals surface area (Å²) in [4.78, 5) is 4.58. The molecule has 0 saturated carbocycles. The van der Waals surface area contributed by atoms with Crippen LogP contribution in [0.15, 0.2) is 30.5 Å². The molecule has 2 aromatic rings. The Morgan fingerprint density at radius 1 is 1.39 bits per heavy atom. The number of aliphatic hydroxyl groups excluding tert-OH is 1. The van der Waals surface area contributed by atoms with Crippen molar-refractivity contribution in [1.82, 2.24) is 9.55 Å². The van der Waals surface area contributed by atoms with Gasteiger partial charge >= 0.3 is 0 Å². The first-order chi connectivity index (χ1) is 8.72. The molecule has 1 N–H and O–H groups in total. The second kappa shape index (κ2) is 4.75. The van der Waals surface area contributed by atoms with Crippen molar-refractivity contribution in [1.29, 1.82) is 0 Å². The molecule has 4 heteroatoms. The maximum Gasteiger partial charge on any atom is 0.111 e. The van der Waals surface area contributed by atoms with E-state index in [9.17, 15) is 5.11 Å². The molecule has 1 atom stereocenters. The summed E-state index contributed by atoms with van der Waals surface area (Å²) < 4.78 is 2.14. The summed E-state index contributed by atoms with van der Waals surface area (Å²) in [5.41, 5.74) is 2.11. The Morgan fingerprint density at radius 3 is 3.06 bits per heavy atom. The van der Waals surface area contributed by atoms with Gasteiger partial charge in [0.15, 0.2) is 0 Å². The van der Waals surface area contributed by atoms with Gasteiger partial charge in [0.2, 0.25) is 0 Å². The zero-order chi connectivity index (χ0) is 12.5. The van der Waals surface area contributed by atoms with Crippen LogP contribution in [0.5, 0.6) is 0 Å². The molecule has 3 nitrogen and oxygen atoms in total. The van der Waals surface area contributed by atoms with Crippen LogP contribution in [-0.2, 0) is 19.4 Å². The molecule has 0 aliphatic carbocycles. The summed E-state index contributed by atoms with van der Waals surface area (Å²) in [7, 11) is 0. The van der Waals surface area contributed by atoms with Crippen LogP contribution < -0.4 is 0 Å². The number of hydrogen-bond donors (Lipinski definition) is 1. The number of hydrogen-bond acceptors (Lipinski definition) is 2. The largest absolute Gasteiger partial charge is 0.393 e. The Balaban J connectivity index is 1.84. The normalized spacial score (nSPS) is 18.7. The fraction of sp³-hybridized carbons (Fsp3) is 0.357. The number of fused-ring (bicyclic) bond motifs is 1. The van der Waals surface area contributed by atoms with Gasteiger partial charge in [-0.15, -0.1) is 0 Å². The molecule has 1 aromatic heterocycles. The number of halogens is 1. The fourth-order valence-electron chi connectivity index (χ4n) is 2.39. The van der Waals surface area contributed by atoms with Crippen LogP contribution in [0, 0.1) is 0 Å². The zero-order valence-electron chi connectivity index (χ0n) is 10.0. The fourth-order valence-corrected chi connectivity index (χ4v) is 2.60. The summed E-state index contributed by atoms with van der Waals surface area (Å²) >= 11 is 6.15. The topological polar surface area (TPSA) is 38.0 Å². The number of aliphatic hydroxyl groups is 1. The van der Waals surface area contributed by atoms with E-state index < -0.39 is 0 Å². The summed E-state index contributed by atoms with van der Waals surface area (Å²) in [6.07, 6.45) is 4.05. The van der Waals surface area contributed by atoms with Gasteiger partial charge < -0.3 is 9.67 Å². The Bertz CT molecular complexity index is 565. The van der Waals surface area contributed by atoms with Crippen LogP contribution in [-0.4, -0.2) is 20.8 Å². The lowest BCUT2D eigenvalue weighted by Crippen LogP contribution is -2.22. The van der Waals surface area contributed by atoms with Gasteiger partial charge in [-0.2, -0.15) is 0 Å². The quantitative estimate of drug-likeness (QED) is 0.903. The summed E-state index contributed by atoms with van der Waals surface area (Å²) in [6.45, 7) is 0.853. The molecule has 2 heterocycles. The second-order valence-corrected chi connectivity index (χ2v) is 5.16. The van der Waals surface area contributed by atoms with E-state index in [4.69, 9.17) is 11.6 Å². The van der Waals surface area contributed by atoms with E-state index in [1.165, 1.54) is 0 Å². The number of benzene rings is 1. The first-order valence-corrected chi connectivity index (χ1v) is 6.56. The number of aryl methyl sites for hydroxylation is 1. The molecule has 1 aromatic carbocycles. The van der Waals surface area contributed by atoms with Crippen molar-refractivity contribution >= 4 is 11.6 Å². The minimum atomic E-state index is -0.243. The van der Waals surface area contributed by atoms with Crippen molar-refractivity contribution in [2.75, 3.05) is 0 Å². The first kappa shape index (κ1) is 11.8. The van der Waals surface area contributed by atoms with E-state index in [0.29, 0.717) is 6.42 Å². The highest BCUT2D eigenvalue weighted by Crippen LogP contribution is 2.21. The van der Waals surface area contributed by atoms with Crippen molar-refractivity contribution in [3.05, 3.63) is 52.6 Å². The van der Waals surface area contributed by atoms with E-state index in [1.807, 2.05) is 24.3 Å². The lowest BCUT2D eigenvalue weighted by Gasteiger charge is -2.18. The number of imidazole rings is 1. The predicted molar refractivity (Wildman–Crippen MR) is 70.8 cm³/mol. The SMILES string of the molecule is OC1CCn2cc(Cc3ccccc3Cl)nc2C1. The van der Waals surface area contributed by atoms with E-state index >= 15 is 0 Å². The average Bonchev–Trinajstić information content (AvgIpc) is 2.73. The van der Waals surface area contributed by atoms with Gasteiger partial charge in [-0.25, -0.2) is 4.98 Å². The van der Waals surface area contributed by atoms with Crippen molar-refractivity contribution in [2.45, 2.75) is 31.9 Å². The molecule has 94 valence electrons. The van der Waals surface area contributed by atoms with Crippen LogP contribution in [0.2, 0.25) is 5.02 Å². The molecule has 0 spiro atoms. The van der Waals surface area contributed by atoms with Gasteiger partial charge in [-0.05, 0) is 18.1 Å². The molecule has 18 heavy (non-hydrogen) atoms. The molecule has 0 amide bonds. The summed E-state index contributed by atoms with van der Waals surface area (Å²) in [5.74, 6) is 0.982. The Kier molecular flexibility index (Phi) is 3.10. The van der Waals surface area contributed by atoms with Gasteiger partial charge in [-0.1, -0.05) is 29.8 Å². The molecular formula is C14H15ClN2O. The minimum Gasteiger partial charge on any atom is -0.393 e. The summed E-state index contributed by atoms with van der Waals surface area (Å²) in [5, 5.41) is 10.4. The number of nitrogens with zero attached hydrogens (tertiary/aromatic N) is 2. The second-order valence-electron chi connectivity index (χ2n) is 4.76. The van der Waals surface area contributed by atoms with Gasteiger partial charge in [0.1, 0.15) is 5.82 Å². The highest BCUT2D eigenvalue weighted by molar-refractivity contribution is 6.31. The van der Waals surface area contributed by atoms with E-state index in [-0.39, 0.29) is 6.10 Å². The Morgan fingerprint density at radius 2 is 2.22 bits per heavy atom. The van der Waals surface area contributed by atoms with Gasteiger partial charge in [-0.3, -0.25) is 0 Å². The van der Waals surface area contributed by atoms with Crippen molar-refractivity contribution in [2.24, 2.45) is 0 Å². The van der Waals surface area contributed by atoms with Crippen LogP contribution >= 0.6 is 11.6 Å². The standard InChI is InChI=1S/C14H15ClN2O/c15-13-4-2-1-3-10(13)7-11-9-17-6-5-12(18)8-14(17)16-11/h1-4,9,12,18H,5-8H2. The Labute approximate surface area is 111 Å². The minimum absolute atomic E-state index is 0.243. The van der Waals surface area contributed by atoms with E-state index in [2.05, 4.69) is 15.7 Å². The molecule has 1 unspecified atom stereocenters. The van der Waals surface area contributed by atoms with Crippen LogP contribution in [0.4, 0.5) is 0 Å². The monoisotopic (exact) mass is 262 g/mol. The molecular weight excluding hydrogens is 248 g/mol. The summed E-state index contributed by atoms with van der Waals surface area (Å²) in [6, 6.07) is 7.84. The molecule has 0 fully saturated rings. The molecule has 0 saturated heterocycles. The van der Waals surface area contributed by atoms with Gasteiger partial charge in [0.25, 0.3) is 0 Å². The number of aromatic nitrogens is 2. The lowest BCUT2D eigenvalue weighted by atomic mass is 10.1. The highest BCUT2D eigenvalue weighted by Gasteiger charge is 2.18. The highest BCUT2D eigenvalue weighted by atomic mass is 35.5. The van der Waals surface area contributed by atoms with Gasteiger partial charge in [0, 0.05) is 30.6 Å². The average molecular weight is 263 g/mol. The number of rotatable bonds is 2. The van der Waals surface area contributed by atoms with Crippen LogP contribution in [0.25, 0.3) is 0 Å². The molecule has 0 radical (unpaired) electrons. The lowest BCUT2D eigenvalue weighted by molar-refractivity contribution is 0.141. The first-order valence-electron chi connectivity index (χ1n) is 6.19. The maximum atomic E-state index is 9.62. The third-order valence-electron chi connectivity index (χ3n) is 3.36. The van der Waals surface area contributed by atoms with Gasteiger partial charge in [0.05, 0.1) is 11.8 Å². The smallest absolute Gasteiger partial charge is 0.111 e. The van der Waals surface area contributed by atoms with Crippen molar-refractivity contribution in [3.63, 3.8) is 0 Å². The Hall–Kier alpha value is -1.32. The van der Waals surface area contributed by atoms with Crippen molar-refractivity contribution in [3.8, 4) is 0 Å². The molecule has 0 bridgehead atoms.